The van der Waals surface area contributed by atoms with Crippen LogP contribution in [0.15, 0.2) is 114 Å². The van der Waals surface area contributed by atoms with Gasteiger partial charge >= 0.3 is 0 Å². The molecule has 0 aliphatic heterocycles. The highest BCUT2D eigenvalue weighted by molar-refractivity contribution is 7.92. The van der Waals surface area contributed by atoms with Gasteiger partial charge in [0, 0.05) is 24.5 Å². The maximum absolute atomic E-state index is 14.3. The van der Waals surface area contributed by atoms with E-state index in [2.05, 4.69) is 5.32 Å². The topological polar surface area (TPSA) is 86.8 Å². The number of nitrogens with one attached hydrogen (secondary N) is 1. The molecule has 0 bridgehead atoms. The molecule has 1 unspecified atom stereocenters. The molecule has 0 radical (unpaired) electrons. The molecule has 0 aliphatic carbocycles. The molecule has 0 aromatic heterocycles. The van der Waals surface area contributed by atoms with E-state index >= 15 is 0 Å². The number of rotatable bonds is 12. The van der Waals surface area contributed by atoms with E-state index in [9.17, 15) is 18.0 Å². The summed E-state index contributed by atoms with van der Waals surface area (Å²) >= 11 is 6.03. The first-order valence-corrected chi connectivity index (χ1v) is 15.5. The van der Waals surface area contributed by atoms with Gasteiger partial charge < -0.3 is 10.2 Å². The monoisotopic (exact) mass is 603 g/mol. The van der Waals surface area contributed by atoms with Crippen molar-refractivity contribution in [2.75, 3.05) is 17.4 Å². The second kappa shape index (κ2) is 14.2. The third kappa shape index (κ3) is 7.78. The molecule has 4 aromatic carbocycles. The van der Waals surface area contributed by atoms with Gasteiger partial charge in [0.25, 0.3) is 10.0 Å². The minimum Gasteiger partial charge on any atom is -0.355 e. The third-order valence-electron chi connectivity index (χ3n) is 6.79. The number of sulfonamides is 1. The number of amides is 2. The van der Waals surface area contributed by atoms with Crippen molar-refractivity contribution >= 4 is 39.1 Å². The first kappa shape index (κ1) is 30.8. The molecule has 0 fully saturated rings. The molecule has 7 nitrogen and oxygen atoms in total. The second-order valence-electron chi connectivity index (χ2n) is 9.91. The van der Waals surface area contributed by atoms with Gasteiger partial charge in [-0.15, -0.1) is 0 Å². The van der Waals surface area contributed by atoms with Crippen molar-refractivity contribution in [1.29, 1.82) is 0 Å². The number of likely N-dealkylation sites (N-methyl/N-ethyl adjacent to an activating group) is 1. The van der Waals surface area contributed by atoms with E-state index in [1.165, 1.54) is 29.2 Å². The van der Waals surface area contributed by atoms with Crippen LogP contribution in [0.1, 0.15) is 23.6 Å². The summed E-state index contributed by atoms with van der Waals surface area (Å²) in [4.78, 5) is 29.3. The van der Waals surface area contributed by atoms with Crippen LogP contribution in [0.2, 0.25) is 5.02 Å². The van der Waals surface area contributed by atoms with Crippen LogP contribution in [0.5, 0.6) is 0 Å². The lowest BCUT2D eigenvalue weighted by atomic mass is 10.0. The summed E-state index contributed by atoms with van der Waals surface area (Å²) in [6.07, 6.45) is 0.264. The van der Waals surface area contributed by atoms with Crippen molar-refractivity contribution in [3.8, 4) is 0 Å². The lowest BCUT2D eigenvalue weighted by Gasteiger charge is -2.34. The number of carbonyl (C=O) groups excluding carboxylic acids is 2. The fourth-order valence-corrected chi connectivity index (χ4v) is 6.20. The van der Waals surface area contributed by atoms with Gasteiger partial charge in [-0.25, -0.2) is 8.42 Å². The van der Waals surface area contributed by atoms with Gasteiger partial charge in [0.2, 0.25) is 11.8 Å². The summed E-state index contributed by atoms with van der Waals surface area (Å²) in [6.45, 7) is 3.67. The van der Waals surface area contributed by atoms with Crippen LogP contribution in [0.25, 0.3) is 0 Å². The van der Waals surface area contributed by atoms with Gasteiger partial charge in [0.05, 0.1) is 10.6 Å². The molecule has 42 heavy (non-hydrogen) atoms. The predicted molar refractivity (Wildman–Crippen MR) is 167 cm³/mol. The molecule has 0 aliphatic rings. The fourth-order valence-electron chi connectivity index (χ4n) is 4.67. The summed E-state index contributed by atoms with van der Waals surface area (Å²) in [5, 5.41) is 3.26. The largest absolute Gasteiger partial charge is 0.355 e. The zero-order chi connectivity index (χ0) is 30.1. The van der Waals surface area contributed by atoms with Crippen LogP contribution in [0, 0.1) is 6.92 Å². The molecule has 4 aromatic rings. The van der Waals surface area contributed by atoms with Gasteiger partial charge in [-0.3, -0.25) is 13.9 Å². The van der Waals surface area contributed by atoms with Crippen LogP contribution in [0.4, 0.5) is 5.69 Å². The van der Waals surface area contributed by atoms with E-state index in [0.29, 0.717) is 17.3 Å². The maximum Gasteiger partial charge on any atom is 0.264 e. The molecule has 218 valence electrons. The highest BCUT2D eigenvalue weighted by atomic mass is 35.5. The Kier molecular flexibility index (Phi) is 10.4. The van der Waals surface area contributed by atoms with Crippen LogP contribution in [0.3, 0.4) is 0 Å². The number of nitrogens with zero attached hydrogens (tertiary/aromatic N) is 2. The highest BCUT2D eigenvalue weighted by Crippen LogP contribution is 2.26. The van der Waals surface area contributed by atoms with Crippen molar-refractivity contribution < 1.29 is 18.0 Å². The van der Waals surface area contributed by atoms with Crippen LogP contribution < -0.4 is 9.62 Å². The Morgan fingerprint density at radius 3 is 2.05 bits per heavy atom. The maximum atomic E-state index is 14.3. The molecule has 1 N–H and O–H groups in total. The molecule has 4 rings (SSSR count). The van der Waals surface area contributed by atoms with Crippen molar-refractivity contribution in [2.24, 2.45) is 0 Å². The van der Waals surface area contributed by atoms with E-state index in [4.69, 9.17) is 11.6 Å². The number of carbonyl (C=O) groups is 2. The first-order valence-electron chi connectivity index (χ1n) is 13.7. The lowest BCUT2D eigenvalue weighted by Crippen LogP contribution is -2.53. The zero-order valence-electron chi connectivity index (χ0n) is 23.6. The number of hydrogen-bond donors (Lipinski definition) is 1. The van der Waals surface area contributed by atoms with Crippen molar-refractivity contribution in [3.05, 3.63) is 131 Å². The van der Waals surface area contributed by atoms with Crippen LogP contribution in [-0.2, 0) is 32.6 Å². The molecule has 9 heteroatoms. The molecule has 1 atom stereocenters. The van der Waals surface area contributed by atoms with Crippen molar-refractivity contribution in [3.63, 3.8) is 0 Å². The molecule has 0 heterocycles. The van der Waals surface area contributed by atoms with Crippen molar-refractivity contribution in [2.45, 2.75) is 37.8 Å². The number of hydrogen-bond acceptors (Lipinski definition) is 4. The molecular formula is C33H34ClN3O4S. The Morgan fingerprint density at radius 1 is 0.833 bits per heavy atom. The summed E-state index contributed by atoms with van der Waals surface area (Å²) in [6, 6.07) is 30.7. The summed E-state index contributed by atoms with van der Waals surface area (Å²) in [5.74, 6) is -0.821. The molecule has 0 spiro atoms. The molecule has 0 saturated carbocycles. The Labute approximate surface area is 252 Å². The van der Waals surface area contributed by atoms with Gasteiger partial charge in [0.1, 0.15) is 12.6 Å². The number of halogens is 1. The van der Waals surface area contributed by atoms with E-state index in [0.717, 1.165) is 21.0 Å². The SMILES string of the molecule is CCNC(=O)C(Cc1ccccc1)N(Cc1ccccc1)C(=O)CN(c1cccc(C)c1)S(=O)(=O)c1ccc(Cl)cc1. The van der Waals surface area contributed by atoms with Gasteiger partial charge in [-0.05, 0) is 66.9 Å². The van der Waals surface area contributed by atoms with E-state index in [1.807, 2.05) is 80.6 Å². The molecule has 2 amide bonds. The first-order chi connectivity index (χ1) is 20.2. The standard InChI is InChI=1S/C33H34ClN3O4S/c1-3-35-33(39)31(22-26-12-6-4-7-13-26)36(23-27-14-8-5-9-15-27)32(38)24-37(29-16-10-11-25(2)21-29)42(40,41)30-19-17-28(34)18-20-30/h4-21,31H,3,22-24H2,1-2H3,(H,35,39). The fraction of sp³-hybridized carbons (Fsp3) is 0.212. The Morgan fingerprint density at radius 2 is 1.45 bits per heavy atom. The van der Waals surface area contributed by atoms with Crippen LogP contribution in [-0.4, -0.2) is 44.3 Å². The van der Waals surface area contributed by atoms with E-state index < -0.39 is 28.5 Å². The van der Waals surface area contributed by atoms with Gasteiger partial charge in [0.15, 0.2) is 0 Å². The number of benzene rings is 4. The second-order valence-corrected chi connectivity index (χ2v) is 12.2. The van der Waals surface area contributed by atoms with Crippen molar-refractivity contribution in [1.82, 2.24) is 10.2 Å². The average molecular weight is 604 g/mol. The van der Waals surface area contributed by atoms with E-state index in [-0.39, 0.29) is 23.8 Å². The van der Waals surface area contributed by atoms with Gasteiger partial charge in [-0.2, -0.15) is 0 Å². The lowest BCUT2D eigenvalue weighted by molar-refractivity contribution is -0.140. The minimum atomic E-state index is -4.18. The highest BCUT2D eigenvalue weighted by Gasteiger charge is 2.34. The minimum absolute atomic E-state index is 0.000349. The number of aryl methyl sites for hydroxylation is 1. The summed E-state index contributed by atoms with van der Waals surface area (Å²) < 4.78 is 29.1. The Balaban J connectivity index is 1.78. The normalized spacial score (nSPS) is 11.9. The summed E-state index contributed by atoms with van der Waals surface area (Å²) in [5.41, 5.74) is 2.87. The summed E-state index contributed by atoms with van der Waals surface area (Å²) in [7, 11) is -4.18. The smallest absolute Gasteiger partial charge is 0.264 e. The van der Waals surface area contributed by atoms with Gasteiger partial charge in [-0.1, -0.05) is 84.4 Å². The number of anilines is 1. The predicted octanol–water partition coefficient (Wildman–Crippen LogP) is 5.62. The third-order valence-corrected chi connectivity index (χ3v) is 8.83. The molecular weight excluding hydrogens is 570 g/mol. The van der Waals surface area contributed by atoms with Crippen LogP contribution >= 0.6 is 11.6 Å². The average Bonchev–Trinajstić information content (AvgIpc) is 2.99. The Hall–Kier alpha value is -4.14. The Bertz CT molecular complexity index is 1600. The van der Waals surface area contributed by atoms with E-state index in [1.54, 1.807) is 18.2 Å². The quantitative estimate of drug-likeness (QED) is 0.228. The molecule has 0 saturated heterocycles. The zero-order valence-corrected chi connectivity index (χ0v) is 25.2.